The fourth-order valence-corrected chi connectivity index (χ4v) is 3.55. The first-order chi connectivity index (χ1) is 14.2. The average Bonchev–Trinajstić information content (AvgIpc) is 3.24. The van der Waals surface area contributed by atoms with Gasteiger partial charge < -0.3 is 19.7 Å². The van der Waals surface area contributed by atoms with Gasteiger partial charge in [0.2, 0.25) is 0 Å². The highest BCUT2D eigenvalue weighted by molar-refractivity contribution is 7.93. The van der Waals surface area contributed by atoms with Crippen LogP contribution in [0.25, 0.3) is 0 Å². The molecular formula is C20H26N4O5S. The maximum atomic E-state index is 12.2. The average molecular weight is 435 g/mol. The lowest BCUT2D eigenvalue weighted by molar-refractivity contribution is 0.0824. The van der Waals surface area contributed by atoms with Gasteiger partial charge in [0, 0.05) is 14.1 Å². The maximum absolute atomic E-state index is 12.2. The first kappa shape index (κ1) is 23.0. The quantitative estimate of drug-likeness (QED) is 0.622. The number of carbonyl (C=O) groups is 1. The van der Waals surface area contributed by atoms with E-state index in [1.165, 1.54) is 17.0 Å². The van der Waals surface area contributed by atoms with Crippen molar-refractivity contribution in [3.8, 4) is 5.75 Å². The number of sulfonamides is 1. The van der Waals surface area contributed by atoms with Gasteiger partial charge in [-0.15, -0.1) is 0 Å². The molecule has 0 radical (unpaired) electrons. The lowest BCUT2D eigenvalue weighted by Gasteiger charge is -2.15. The number of anilines is 1. The van der Waals surface area contributed by atoms with E-state index in [1.54, 1.807) is 39.2 Å². The van der Waals surface area contributed by atoms with Gasteiger partial charge in [-0.05, 0) is 31.2 Å². The minimum Gasteiger partial charge on any atom is -0.505 e. The predicted molar refractivity (Wildman–Crippen MR) is 116 cm³/mol. The smallest absolute Gasteiger partial charge is 0.258 e. The minimum atomic E-state index is -3.71. The lowest BCUT2D eigenvalue weighted by Crippen LogP contribution is -2.25. The van der Waals surface area contributed by atoms with E-state index in [9.17, 15) is 18.3 Å². The van der Waals surface area contributed by atoms with Crippen molar-refractivity contribution < 1.29 is 22.7 Å². The molecule has 0 unspecified atom stereocenters. The summed E-state index contributed by atoms with van der Waals surface area (Å²) < 4.78 is 31.7. The number of amidine groups is 1. The van der Waals surface area contributed by atoms with Crippen molar-refractivity contribution in [2.45, 2.75) is 27.3 Å². The summed E-state index contributed by atoms with van der Waals surface area (Å²) in [6.07, 6.45) is 0. The summed E-state index contributed by atoms with van der Waals surface area (Å²) in [6, 6.07) is 8.13. The van der Waals surface area contributed by atoms with Gasteiger partial charge in [0.1, 0.15) is 11.5 Å². The third-order valence-electron chi connectivity index (χ3n) is 3.90. The highest BCUT2D eigenvalue weighted by Crippen LogP contribution is 2.30. The zero-order valence-corrected chi connectivity index (χ0v) is 18.4. The summed E-state index contributed by atoms with van der Waals surface area (Å²) in [6.45, 7) is 5.93. The van der Waals surface area contributed by atoms with Crippen LogP contribution in [0.1, 0.15) is 35.7 Å². The monoisotopic (exact) mass is 434 g/mol. The third kappa shape index (κ3) is 5.41. The van der Waals surface area contributed by atoms with Crippen LogP contribution in [0.2, 0.25) is 0 Å². The van der Waals surface area contributed by atoms with Crippen molar-refractivity contribution in [3.63, 3.8) is 0 Å². The van der Waals surface area contributed by atoms with Crippen LogP contribution >= 0.6 is 0 Å². The van der Waals surface area contributed by atoms with E-state index in [4.69, 9.17) is 4.42 Å². The van der Waals surface area contributed by atoms with Crippen LogP contribution in [0.5, 0.6) is 5.75 Å². The van der Waals surface area contributed by atoms with E-state index in [0.29, 0.717) is 5.76 Å². The Bertz CT molecular complexity index is 1080. The first-order valence-corrected chi connectivity index (χ1v) is 10.9. The molecule has 1 aromatic heterocycles. The molecule has 2 aromatic rings. The molecule has 2 heterocycles. The van der Waals surface area contributed by atoms with E-state index in [-0.39, 0.29) is 41.0 Å². The summed E-state index contributed by atoms with van der Waals surface area (Å²) in [4.78, 5) is 17.7. The van der Waals surface area contributed by atoms with Crippen molar-refractivity contribution in [1.82, 2.24) is 9.62 Å². The number of hydrogen-bond acceptors (Lipinski definition) is 7. The Balaban J connectivity index is 0.00000155. The maximum Gasteiger partial charge on any atom is 0.258 e. The number of amides is 1. The van der Waals surface area contributed by atoms with Crippen LogP contribution in [0.4, 0.5) is 5.69 Å². The largest absolute Gasteiger partial charge is 0.505 e. The molecule has 1 aliphatic rings. The van der Waals surface area contributed by atoms with Crippen molar-refractivity contribution in [2.75, 3.05) is 19.4 Å². The molecule has 30 heavy (non-hydrogen) atoms. The van der Waals surface area contributed by atoms with Gasteiger partial charge in [-0.3, -0.25) is 14.5 Å². The van der Waals surface area contributed by atoms with E-state index >= 15 is 0 Å². The van der Waals surface area contributed by atoms with Gasteiger partial charge in [-0.2, -0.15) is 0 Å². The third-order valence-corrected chi connectivity index (χ3v) is 4.92. The summed E-state index contributed by atoms with van der Waals surface area (Å²) in [7, 11) is -0.573. The molecule has 1 aliphatic heterocycles. The topological polar surface area (TPSA) is 124 Å². The van der Waals surface area contributed by atoms with E-state index < -0.39 is 10.0 Å². The minimum absolute atomic E-state index is 0.0813. The molecule has 3 N–H and O–H groups in total. The van der Waals surface area contributed by atoms with Crippen molar-refractivity contribution in [3.05, 3.63) is 58.5 Å². The second-order valence-electron chi connectivity index (χ2n) is 6.38. The number of para-hydroxylation sites is 1. The van der Waals surface area contributed by atoms with Crippen LogP contribution in [0, 0.1) is 6.92 Å². The number of phenolic OH excluding ortho intramolecular Hbond substituents is 1. The first-order valence-electron chi connectivity index (χ1n) is 9.31. The van der Waals surface area contributed by atoms with Crippen LogP contribution in [0.15, 0.2) is 50.8 Å². The number of benzene rings is 1. The van der Waals surface area contributed by atoms with Crippen LogP contribution in [-0.4, -0.2) is 44.3 Å². The van der Waals surface area contributed by atoms with Crippen LogP contribution < -0.4 is 10.0 Å². The number of aliphatic imine (C=N–C) groups is 1. The number of rotatable bonds is 5. The molecule has 0 saturated carbocycles. The Labute approximate surface area is 176 Å². The molecule has 1 aromatic carbocycles. The molecule has 9 nitrogen and oxygen atoms in total. The standard InChI is InChI=1S/C18H20N4O5S.C2H6/c1-11-7-8-12(27-11)9-19-17-15(10-28(25,26)21-17)20-14-6-4-5-13(16(14)23)18(24)22(2)3;1-2/h4-8,10,20,23H,9H2,1-3H3,(H,19,21);1-2H3. The van der Waals surface area contributed by atoms with Gasteiger partial charge in [0.25, 0.3) is 15.9 Å². The van der Waals surface area contributed by atoms with Gasteiger partial charge in [-0.1, -0.05) is 19.9 Å². The lowest BCUT2D eigenvalue weighted by atomic mass is 10.1. The predicted octanol–water partition coefficient (Wildman–Crippen LogP) is 2.81. The molecule has 0 spiro atoms. The summed E-state index contributed by atoms with van der Waals surface area (Å²) >= 11 is 0. The molecule has 0 fully saturated rings. The second-order valence-corrected chi connectivity index (χ2v) is 7.91. The molecule has 1 amide bonds. The van der Waals surface area contributed by atoms with Crippen molar-refractivity contribution in [2.24, 2.45) is 4.99 Å². The Kier molecular flexibility index (Phi) is 7.28. The molecule has 162 valence electrons. The SMILES string of the molecule is CC.Cc1ccc(CN=C2NS(=O)(=O)C=C2Nc2cccc(C(=O)N(C)C)c2O)o1. The number of nitrogens with zero attached hydrogens (tertiary/aromatic N) is 2. The summed E-state index contributed by atoms with van der Waals surface area (Å²) in [5.41, 5.74) is 0.418. The van der Waals surface area contributed by atoms with Crippen molar-refractivity contribution >= 4 is 27.5 Å². The van der Waals surface area contributed by atoms with Crippen LogP contribution in [-0.2, 0) is 16.6 Å². The van der Waals surface area contributed by atoms with E-state index in [1.807, 2.05) is 13.8 Å². The molecule has 3 rings (SSSR count). The van der Waals surface area contributed by atoms with Crippen molar-refractivity contribution in [1.29, 1.82) is 0 Å². The number of carbonyl (C=O) groups excluding carboxylic acids is 1. The molecule has 0 atom stereocenters. The number of furan rings is 1. The van der Waals surface area contributed by atoms with Gasteiger partial charge in [0.15, 0.2) is 11.6 Å². The summed E-state index contributed by atoms with van der Waals surface area (Å²) in [5, 5.41) is 14.2. The highest BCUT2D eigenvalue weighted by atomic mass is 32.2. The Hall–Kier alpha value is -3.27. The second kappa shape index (κ2) is 9.49. The van der Waals surface area contributed by atoms with Crippen LogP contribution in [0.3, 0.4) is 0 Å². The molecule has 0 bridgehead atoms. The van der Waals surface area contributed by atoms with Gasteiger partial charge in [-0.25, -0.2) is 8.42 Å². The fraction of sp³-hybridized carbons (Fsp3) is 0.300. The number of aromatic hydroxyl groups is 1. The number of aryl methyl sites for hydroxylation is 1. The molecule has 0 saturated heterocycles. The Morgan fingerprint density at radius 2 is 1.93 bits per heavy atom. The van der Waals surface area contributed by atoms with Gasteiger partial charge >= 0.3 is 0 Å². The fourth-order valence-electron chi connectivity index (χ4n) is 2.57. The Morgan fingerprint density at radius 3 is 2.53 bits per heavy atom. The molecule has 0 aliphatic carbocycles. The molecular weight excluding hydrogens is 408 g/mol. The normalized spacial score (nSPS) is 15.6. The number of phenols is 1. The zero-order valence-electron chi connectivity index (χ0n) is 17.6. The van der Waals surface area contributed by atoms with E-state index in [2.05, 4.69) is 15.0 Å². The van der Waals surface area contributed by atoms with Gasteiger partial charge in [0.05, 0.1) is 28.9 Å². The molecule has 10 heteroatoms. The number of hydrogen-bond donors (Lipinski definition) is 3. The number of nitrogens with one attached hydrogen (secondary N) is 2. The zero-order chi connectivity index (χ0) is 22.5. The Morgan fingerprint density at radius 1 is 1.23 bits per heavy atom. The highest BCUT2D eigenvalue weighted by Gasteiger charge is 2.26. The van der Waals surface area contributed by atoms with E-state index in [0.717, 1.165) is 11.2 Å². The summed E-state index contributed by atoms with van der Waals surface area (Å²) in [5.74, 6) is 0.722.